The van der Waals surface area contributed by atoms with Crippen molar-refractivity contribution in [3.8, 4) is 0 Å². The van der Waals surface area contributed by atoms with E-state index < -0.39 is 15.8 Å². The van der Waals surface area contributed by atoms with Crippen LogP contribution in [0.3, 0.4) is 0 Å². The van der Waals surface area contributed by atoms with Gasteiger partial charge in [-0.2, -0.15) is 4.31 Å². The fourth-order valence-electron chi connectivity index (χ4n) is 3.87. The SMILES string of the molecule is CCN1CCN(CC2CCN(S(=O)(=O)c3ccc(C)c(F)c3)CC2)CC1. The van der Waals surface area contributed by atoms with E-state index in [1.54, 1.807) is 6.92 Å². The summed E-state index contributed by atoms with van der Waals surface area (Å²) >= 11 is 0. The molecule has 0 spiro atoms. The Morgan fingerprint density at radius 3 is 2.23 bits per heavy atom. The molecule has 3 rings (SSSR count). The minimum atomic E-state index is -3.60. The van der Waals surface area contributed by atoms with Crippen LogP contribution in [-0.2, 0) is 10.0 Å². The van der Waals surface area contributed by atoms with Gasteiger partial charge in [-0.1, -0.05) is 13.0 Å². The summed E-state index contributed by atoms with van der Waals surface area (Å²) in [5.74, 6) is 0.0802. The number of aryl methyl sites for hydroxylation is 1. The standard InChI is InChI=1S/C19H30FN3O2S/c1-3-21-10-12-22(13-11-21)15-17-6-8-23(9-7-17)26(24,25)18-5-4-16(2)19(20)14-18/h4-5,14,17H,3,6-13,15H2,1-2H3. The van der Waals surface area contributed by atoms with E-state index in [1.165, 1.54) is 16.4 Å². The molecule has 5 nitrogen and oxygen atoms in total. The van der Waals surface area contributed by atoms with Crippen molar-refractivity contribution in [2.75, 3.05) is 52.4 Å². The molecule has 0 saturated carbocycles. The zero-order valence-electron chi connectivity index (χ0n) is 15.8. The minimum Gasteiger partial charge on any atom is -0.301 e. The van der Waals surface area contributed by atoms with Crippen LogP contribution >= 0.6 is 0 Å². The lowest BCUT2D eigenvalue weighted by Crippen LogP contribution is -2.49. The number of sulfonamides is 1. The smallest absolute Gasteiger partial charge is 0.243 e. The molecule has 0 amide bonds. The monoisotopic (exact) mass is 383 g/mol. The maximum atomic E-state index is 13.8. The summed E-state index contributed by atoms with van der Waals surface area (Å²) in [6, 6.07) is 4.18. The molecule has 7 heteroatoms. The van der Waals surface area contributed by atoms with Crippen LogP contribution in [-0.4, -0.2) is 74.9 Å². The first-order valence-electron chi connectivity index (χ1n) is 9.61. The van der Waals surface area contributed by atoms with Crippen LogP contribution in [0.4, 0.5) is 4.39 Å². The van der Waals surface area contributed by atoms with Gasteiger partial charge in [0.1, 0.15) is 5.82 Å². The Hall–Kier alpha value is -1.02. The van der Waals surface area contributed by atoms with Gasteiger partial charge in [-0.15, -0.1) is 0 Å². The Morgan fingerprint density at radius 2 is 1.65 bits per heavy atom. The number of hydrogen-bond acceptors (Lipinski definition) is 4. The quantitative estimate of drug-likeness (QED) is 0.782. The minimum absolute atomic E-state index is 0.0646. The van der Waals surface area contributed by atoms with Crippen molar-refractivity contribution in [1.29, 1.82) is 0 Å². The molecule has 1 aromatic carbocycles. The third kappa shape index (κ3) is 4.44. The summed E-state index contributed by atoms with van der Waals surface area (Å²) in [6.45, 7) is 11.5. The second-order valence-electron chi connectivity index (χ2n) is 7.49. The lowest BCUT2D eigenvalue weighted by Gasteiger charge is -2.38. The van der Waals surface area contributed by atoms with Crippen LogP contribution in [0.5, 0.6) is 0 Å². The fourth-order valence-corrected chi connectivity index (χ4v) is 5.35. The molecule has 2 fully saturated rings. The van der Waals surface area contributed by atoms with Crippen molar-refractivity contribution in [2.24, 2.45) is 5.92 Å². The van der Waals surface area contributed by atoms with Gasteiger partial charge >= 0.3 is 0 Å². The summed E-state index contributed by atoms with van der Waals surface area (Å²) in [7, 11) is -3.60. The lowest BCUT2D eigenvalue weighted by atomic mass is 9.97. The second-order valence-corrected chi connectivity index (χ2v) is 9.43. The summed E-state index contributed by atoms with van der Waals surface area (Å²) in [5.41, 5.74) is 0.464. The highest BCUT2D eigenvalue weighted by Gasteiger charge is 2.30. The molecule has 0 bridgehead atoms. The van der Waals surface area contributed by atoms with Gasteiger partial charge in [0.15, 0.2) is 0 Å². The van der Waals surface area contributed by atoms with Gasteiger partial charge in [0.25, 0.3) is 0 Å². The average Bonchev–Trinajstić information content (AvgIpc) is 2.65. The van der Waals surface area contributed by atoms with Crippen molar-refractivity contribution in [3.63, 3.8) is 0 Å². The number of piperazine rings is 1. The molecular weight excluding hydrogens is 353 g/mol. The van der Waals surface area contributed by atoms with E-state index in [4.69, 9.17) is 0 Å². The van der Waals surface area contributed by atoms with Crippen LogP contribution in [0.15, 0.2) is 23.1 Å². The van der Waals surface area contributed by atoms with Gasteiger partial charge in [-0.3, -0.25) is 0 Å². The predicted octanol–water partition coefficient (Wildman–Crippen LogP) is 2.17. The molecule has 0 radical (unpaired) electrons. The Kier molecular flexibility index (Phi) is 6.33. The third-order valence-corrected chi connectivity index (χ3v) is 7.68. The number of halogens is 1. The van der Waals surface area contributed by atoms with Crippen molar-refractivity contribution >= 4 is 10.0 Å². The van der Waals surface area contributed by atoms with Crippen molar-refractivity contribution in [1.82, 2.24) is 14.1 Å². The summed E-state index contributed by atoms with van der Waals surface area (Å²) in [6.07, 6.45) is 1.75. The Morgan fingerprint density at radius 1 is 1.04 bits per heavy atom. The van der Waals surface area contributed by atoms with Crippen LogP contribution in [0, 0.1) is 18.7 Å². The summed E-state index contributed by atoms with van der Waals surface area (Å²) in [5, 5.41) is 0. The summed E-state index contributed by atoms with van der Waals surface area (Å²) in [4.78, 5) is 5.04. The first kappa shape index (κ1) is 19.7. The Balaban J connectivity index is 1.54. The molecule has 0 N–H and O–H groups in total. The highest BCUT2D eigenvalue weighted by atomic mass is 32.2. The van der Waals surface area contributed by atoms with Crippen molar-refractivity contribution in [3.05, 3.63) is 29.6 Å². The molecule has 0 atom stereocenters. The molecule has 2 aliphatic rings. The molecule has 1 aromatic rings. The van der Waals surface area contributed by atoms with E-state index in [1.807, 2.05) is 0 Å². The van der Waals surface area contributed by atoms with Crippen LogP contribution in [0.25, 0.3) is 0 Å². The van der Waals surface area contributed by atoms with Gasteiger partial charge in [0.05, 0.1) is 4.90 Å². The molecule has 0 aliphatic carbocycles. The molecule has 2 saturated heterocycles. The fraction of sp³-hybridized carbons (Fsp3) is 0.684. The zero-order chi connectivity index (χ0) is 18.7. The van der Waals surface area contributed by atoms with Crippen LogP contribution in [0.1, 0.15) is 25.3 Å². The van der Waals surface area contributed by atoms with Gasteiger partial charge in [0, 0.05) is 45.8 Å². The maximum Gasteiger partial charge on any atom is 0.243 e. The maximum absolute atomic E-state index is 13.8. The molecule has 2 heterocycles. The first-order valence-corrected chi connectivity index (χ1v) is 11.0. The third-order valence-electron chi connectivity index (χ3n) is 5.78. The molecule has 2 aliphatic heterocycles. The largest absolute Gasteiger partial charge is 0.301 e. The second kappa shape index (κ2) is 8.33. The van der Waals surface area contributed by atoms with E-state index >= 15 is 0 Å². The molecule has 0 aromatic heterocycles. The molecule has 26 heavy (non-hydrogen) atoms. The van der Waals surface area contributed by atoms with E-state index in [-0.39, 0.29) is 4.90 Å². The van der Waals surface area contributed by atoms with Crippen LogP contribution in [0.2, 0.25) is 0 Å². The van der Waals surface area contributed by atoms with Crippen molar-refractivity contribution < 1.29 is 12.8 Å². The number of benzene rings is 1. The van der Waals surface area contributed by atoms with Gasteiger partial charge in [-0.25, -0.2) is 12.8 Å². The summed E-state index contributed by atoms with van der Waals surface area (Å²) < 4.78 is 40.8. The predicted molar refractivity (Wildman–Crippen MR) is 101 cm³/mol. The zero-order valence-corrected chi connectivity index (χ0v) is 16.6. The first-order chi connectivity index (χ1) is 12.4. The molecule has 146 valence electrons. The number of rotatable bonds is 5. The van der Waals surface area contributed by atoms with E-state index in [0.717, 1.165) is 58.2 Å². The molecule has 0 unspecified atom stereocenters. The normalized spacial score (nSPS) is 22.0. The Bertz CT molecular complexity index is 709. The number of hydrogen-bond donors (Lipinski definition) is 0. The van der Waals surface area contributed by atoms with Crippen molar-refractivity contribution in [2.45, 2.75) is 31.6 Å². The van der Waals surface area contributed by atoms with Gasteiger partial charge in [0.2, 0.25) is 10.0 Å². The van der Waals surface area contributed by atoms with E-state index in [0.29, 0.717) is 24.6 Å². The number of likely N-dealkylation sites (N-methyl/N-ethyl adjacent to an activating group) is 1. The van der Waals surface area contributed by atoms with Gasteiger partial charge in [-0.05, 0) is 49.9 Å². The van der Waals surface area contributed by atoms with Crippen LogP contribution < -0.4 is 0 Å². The number of nitrogens with zero attached hydrogens (tertiary/aromatic N) is 3. The molecular formula is C19H30FN3O2S. The van der Waals surface area contributed by atoms with E-state index in [9.17, 15) is 12.8 Å². The topological polar surface area (TPSA) is 43.9 Å². The lowest BCUT2D eigenvalue weighted by molar-refractivity contribution is 0.109. The van der Waals surface area contributed by atoms with Gasteiger partial charge < -0.3 is 9.80 Å². The highest BCUT2D eigenvalue weighted by Crippen LogP contribution is 2.25. The number of piperidine rings is 1. The Labute approximate surface area is 156 Å². The highest BCUT2D eigenvalue weighted by molar-refractivity contribution is 7.89. The average molecular weight is 384 g/mol. The van der Waals surface area contributed by atoms with E-state index in [2.05, 4.69) is 16.7 Å².